The lowest BCUT2D eigenvalue weighted by atomic mass is 9.91. The molecular formula is C32H24S. The van der Waals surface area contributed by atoms with Crippen molar-refractivity contribution < 1.29 is 0 Å². The Hall–Kier alpha value is -3.68. The molecule has 0 saturated carbocycles. The minimum Gasteiger partial charge on any atom is -0.135 e. The van der Waals surface area contributed by atoms with Gasteiger partial charge in [-0.25, -0.2) is 0 Å². The van der Waals surface area contributed by atoms with E-state index in [-0.39, 0.29) is 0 Å². The van der Waals surface area contributed by atoms with Gasteiger partial charge in [-0.1, -0.05) is 103 Å². The smallest absolute Gasteiger partial charge is 0.0433 e. The number of allylic oxidation sites excluding steroid dienone is 1. The lowest BCUT2D eigenvalue weighted by molar-refractivity contribution is 1.47. The average molecular weight is 441 g/mol. The molecule has 5 aromatic carbocycles. The van der Waals surface area contributed by atoms with Crippen molar-refractivity contribution in [3.05, 3.63) is 114 Å². The van der Waals surface area contributed by atoms with Gasteiger partial charge in [0.05, 0.1) is 0 Å². The van der Waals surface area contributed by atoms with Crippen molar-refractivity contribution in [2.45, 2.75) is 13.8 Å². The third-order valence-corrected chi connectivity index (χ3v) is 7.76. The highest BCUT2D eigenvalue weighted by atomic mass is 32.1. The van der Waals surface area contributed by atoms with E-state index in [9.17, 15) is 0 Å². The van der Waals surface area contributed by atoms with Crippen LogP contribution in [-0.2, 0) is 0 Å². The first-order chi connectivity index (χ1) is 16.2. The largest absolute Gasteiger partial charge is 0.135 e. The highest BCUT2D eigenvalue weighted by molar-refractivity contribution is 7.26. The number of benzene rings is 5. The lowest BCUT2D eigenvalue weighted by Gasteiger charge is -2.13. The SMILES string of the molecule is CC=Cc1c(C)cc(-c2ccc(-c3cccc4c3sc3ccccc34)cc2)c2ccccc12. The number of aryl methyl sites for hydroxylation is 1. The zero-order valence-corrected chi connectivity index (χ0v) is 19.6. The molecule has 6 aromatic rings. The van der Waals surface area contributed by atoms with Crippen LogP contribution >= 0.6 is 11.3 Å². The molecule has 0 spiro atoms. The van der Waals surface area contributed by atoms with Crippen molar-refractivity contribution in [1.29, 1.82) is 0 Å². The topological polar surface area (TPSA) is 0 Å². The summed E-state index contributed by atoms with van der Waals surface area (Å²) in [7, 11) is 0. The third kappa shape index (κ3) is 3.28. The van der Waals surface area contributed by atoms with E-state index in [1.807, 2.05) is 11.3 Å². The molecule has 1 heterocycles. The standard InChI is InChI=1S/C32H24S/c1-3-9-24-21(2)20-30(27-11-5-4-10-26(24)27)23-18-16-22(17-19-23)25-13-8-14-29-28-12-6-7-15-31(28)33-32(25)29/h3-20H,1-2H3. The number of thiophene rings is 1. The molecule has 0 aliphatic heterocycles. The molecule has 6 rings (SSSR count). The fraction of sp³-hybridized carbons (Fsp3) is 0.0625. The van der Waals surface area contributed by atoms with Gasteiger partial charge in [0, 0.05) is 20.2 Å². The van der Waals surface area contributed by atoms with Gasteiger partial charge in [0.15, 0.2) is 0 Å². The Morgan fingerprint density at radius 1 is 0.606 bits per heavy atom. The van der Waals surface area contributed by atoms with Gasteiger partial charge in [-0.2, -0.15) is 0 Å². The summed E-state index contributed by atoms with van der Waals surface area (Å²) >= 11 is 1.89. The van der Waals surface area contributed by atoms with Crippen LogP contribution in [0.2, 0.25) is 0 Å². The summed E-state index contributed by atoms with van der Waals surface area (Å²) < 4.78 is 2.71. The van der Waals surface area contributed by atoms with Crippen LogP contribution in [0, 0.1) is 6.92 Å². The van der Waals surface area contributed by atoms with E-state index in [1.54, 1.807) is 0 Å². The highest BCUT2D eigenvalue weighted by Gasteiger charge is 2.12. The summed E-state index contributed by atoms with van der Waals surface area (Å²) in [5.74, 6) is 0. The Kier molecular flexibility index (Phi) is 4.86. The predicted molar refractivity (Wildman–Crippen MR) is 147 cm³/mol. The Morgan fingerprint density at radius 2 is 1.24 bits per heavy atom. The van der Waals surface area contributed by atoms with E-state index in [1.165, 1.54) is 64.3 Å². The van der Waals surface area contributed by atoms with E-state index in [0.717, 1.165) is 0 Å². The minimum atomic E-state index is 1.26. The van der Waals surface area contributed by atoms with Crippen LogP contribution in [-0.4, -0.2) is 0 Å². The van der Waals surface area contributed by atoms with E-state index in [2.05, 4.69) is 123 Å². The molecule has 0 fully saturated rings. The number of hydrogen-bond donors (Lipinski definition) is 0. The summed E-state index contributed by atoms with van der Waals surface area (Å²) in [6, 6.07) is 35.6. The van der Waals surface area contributed by atoms with E-state index < -0.39 is 0 Å². The highest BCUT2D eigenvalue weighted by Crippen LogP contribution is 2.40. The monoisotopic (exact) mass is 440 g/mol. The summed E-state index contributed by atoms with van der Waals surface area (Å²) in [4.78, 5) is 0. The first kappa shape index (κ1) is 20.0. The number of rotatable bonds is 3. The summed E-state index contributed by atoms with van der Waals surface area (Å²) in [6.45, 7) is 4.29. The number of hydrogen-bond acceptors (Lipinski definition) is 1. The molecule has 33 heavy (non-hydrogen) atoms. The Bertz CT molecular complexity index is 1660. The molecule has 0 saturated heterocycles. The van der Waals surface area contributed by atoms with Gasteiger partial charge in [-0.3, -0.25) is 0 Å². The molecule has 0 aliphatic carbocycles. The molecule has 0 amide bonds. The summed E-state index contributed by atoms with van der Waals surface area (Å²) in [5.41, 5.74) is 7.74. The van der Waals surface area contributed by atoms with E-state index in [0.29, 0.717) is 0 Å². The van der Waals surface area contributed by atoms with E-state index >= 15 is 0 Å². The van der Waals surface area contributed by atoms with Crippen LogP contribution in [0.4, 0.5) is 0 Å². The van der Waals surface area contributed by atoms with Crippen molar-refractivity contribution in [3.8, 4) is 22.3 Å². The zero-order chi connectivity index (χ0) is 22.4. The number of fused-ring (bicyclic) bond motifs is 4. The van der Waals surface area contributed by atoms with Crippen molar-refractivity contribution >= 4 is 48.4 Å². The summed E-state index contributed by atoms with van der Waals surface area (Å²) in [6.07, 6.45) is 4.34. The third-order valence-electron chi connectivity index (χ3n) is 6.54. The first-order valence-electron chi connectivity index (χ1n) is 11.4. The van der Waals surface area contributed by atoms with Crippen molar-refractivity contribution in [2.24, 2.45) is 0 Å². The van der Waals surface area contributed by atoms with Crippen molar-refractivity contribution in [2.75, 3.05) is 0 Å². The quantitative estimate of drug-likeness (QED) is 0.257. The second kappa shape index (κ2) is 8.03. The minimum absolute atomic E-state index is 1.26. The molecule has 1 aromatic heterocycles. The van der Waals surface area contributed by atoms with Gasteiger partial charge in [0.25, 0.3) is 0 Å². The van der Waals surface area contributed by atoms with Crippen LogP contribution in [0.1, 0.15) is 18.1 Å². The first-order valence-corrected chi connectivity index (χ1v) is 12.2. The lowest BCUT2D eigenvalue weighted by Crippen LogP contribution is -1.89. The normalized spacial score (nSPS) is 11.8. The molecule has 0 bridgehead atoms. The van der Waals surface area contributed by atoms with Crippen molar-refractivity contribution in [1.82, 2.24) is 0 Å². The second-order valence-corrected chi connectivity index (χ2v) is 9.61. The summed E-state index contributed by atoms with van der Waals surface area (Å²) in [5, 5.41) is 5.30. The Balaban J connectivity index is 1.49. The van der Waals surface area contributed by atoms with Crippen LogP contribution in [0.5, 0.6) is 0 Å². The molecule has 0 radical (unpaired) electrons. The van der Waals surface area contributed by atoms with Crippen LogP contribution < -0.4 is 0 Å². The maximum atomic E-state index is 2.33. The Labute approximate surface area is 198 Å². The predicted octanol–water partition coefficient (Wildman–Crippen LogP) is 9.88. The van der Waals surface area contributed by atoms with Crippen LogP contribution in [0.3, 0.4) is 0 Å². The van der Waals surface area contributed by atoms with Gasteiger partial charge in [0.1, 0.15) is 0 Å². The van der Waals surface area contributed by atoms with Crippen molar-refractivity contribution in [3.63, 3.8) is 0 Å². The van der Waals surface area contributed by atoms with Gasteiger partial charge >= 0.3 is 0 Å². The molecule has 0 aliphatic rings. The maximum Gasteiger partial charge on any atom is 0.0433 e. The molecule has 1 heteroatoms. The Morgan fingerprint density at radius 3 is 2.00 bits per heavy atom. The molecule has 0 unspecified atom stereocenters. The zero-order valence-electron chi connectivity index (χ0n) is 18.8. The van der Waals surface area contributed by atoms with Gasteiger partial charge in [0.2, 0.25) is 0 Å². The fourth-order valence-electron chi connectivity index (χ4n) is 4.97. The molecule has 0 atom stereocenters. The van der Waals surface area contributed by atoms with Crippen LogP contribution in [0.25, 0.3) is 59.3 Å². The maximum absolute atomic E-state index is 2.33. The fourth-order valence-corrected chi connectivity index (χ4v) is 6.21. The molecule has 0 N–H and O–H groups in total. The van der Waals surface area contributed by atoms with Crippen LogP contribution in [0.15, 0.2) is 103 Å². The van der Waals surface area contributed by atoms with Gasteiger partial charge < -0.3 is 0 Å². The molecule has 0 nitrogen and oxygen atoms in total. The second-order valence-electron chi connectivity index (χ2n) is 8.56. The molecular weight excluding hydrogens is 416 g/mol. The van der Waals surface area contributed by atoms with Gasteiger partial charge in [-0.05, 0) is 64.1 Å². The van der Waals surface area contributed by atoms with E-state index in [4.69, 9.17) is 0 Å². The van der Waals surface area contributed by atoms with Gasteiger partial charge in [-0.15, -0.1) is 11.3 Å². The molecule has 158 valence electrons. The average Bonchev–Trinajstić information content (AvgIpc) is 3.25.